The highest BCUT2D eigenvalue weighted by Crippen LogP contribution is 2.46. The highest BCUT2D eigenvalue weighted by Gasteiger charge is 2.46. The van der Waals surface area contributed by atoms with E-state index in [1.54, 1.807) is 24.5 Å². The average Bonchev–Trinajstić information content (AvgIpc) is 3.77. The number of aromatic nitrogens is 5. The third kappa shape index (κ3) is 4.22. The maximum Gasteiger partial charge on any atom is 0.278 e. The molecule has 9 nitrogen and oxygen atoms in total. The van der Waals surface area contributed by atoms with Crippen LogP contribution in [0.15, 0.2) is 30.6 Å². The van der Waals surface area contributed by atoms with E-state index in [0.717, 1.165) is 38.5 Å². The lowest BCUT2D eigenvalue weighted by atomic mass is 9.69. The van der Waals surface area contributed by atoms with Crippen molar-refractivity contribution in [2.45, 2.75) is 63.2 Å². The number of halogens is 1. The van der Waals surface area contributed by atoms with E-state index in [0.29, 0.717) is 65.4 Å². The Labute approximate surface area is 214 Å². The van der Waals surface area contributed by atoms with Crippen LogP contribution in [0, 0.1) is 11.8 Å². The van der Waals surface area contributed by atoms with Crippen molar-refractivity contribution in [2.75, 3.05) is 18.1 Å². The highest BCUT2D eigenvalue weighted by molar-refractivity contribution is 5.71. The number of anilines is 1. The van der Waals surface area contributed by atoms with Crippen LogP contribution < -0.4 is 14.4 Å². The molecule has 1 aliphatic heterocycles. The first-order valence-electron chi connectivity index (χ1n) is 13.2. The zero-order valence-corrected chi connectivity index (χ0v) is 20.5. The first-order valence-corrected chi connectivity index (χ1v) is 13.2. The molecule has 2 bridgehead atoms. The minimum atomic E-state index is -0.834. The molecule has 4 aliphatic rings. The predicted octanol–water partition coefficient (Wildman–Crippen LogP) is 4.36. The molecule has 192 valence electrons. The Morgan fingerprint density at radius 3 is 2.59 bits per heavy atom. The second kappa shape index (κ2) is 9.08. The minimum absolute atomic E-state index is 0.00622. The highest BCUT2D eigenvalue weighted by atomic mass is 19.1. The van der Waals surface area contributed by atoms with Crippen LogP contribution >= 0.6 is 0 Å². The van der Waals surface area contributed by atoms with Crippen LogP contribution in [0.5, 0.6) is 17.5 Å². The van der Waals surface area contributed by atoms with Crippen molar-refractivity contribution >= 4 is 5.82 Å². The smallest absolute Gasteiger partial charge is 0.278 e. The van der Waals surface area contributed by atoms with E-state index in [4.69, 9.17) is 9.47 Å². The van der Waals surface area contributed by atoms with Crippen molar-refractivity contribution < 1.29 is 19.0 Å². The lowest BCUT2D eigenvalue weighted by Gasteiger charge is -2.46. The van der Waals surface area contributed by atoms with E-state index < -0.39 is 6.17 Å². The number of phenols is 1. The van der Waals surface area contributed by atoms with Gasteiger partial charge in [-0.1, -0.05) is 18.9 Å². The number of benzene rings is 1. The van der Waals surface area contributed by atoms with E-state index >= 15 is 4.39 Å². The Morgan fingerprint density at radius 1 is 0.946 bits per heavy atom. The van der Waals surface area contributed by atoms with Crippen LogP contribution in [0.2, 0.25) is 0 Å². The largest absolute Gasteiger partial charge is 0.507 e. The van der Waals surface area contributed by atoms with E-state index in [2.05, 4.69) is 30.0 Å². The fourth-order valence-electron chi connectivity index (χ4n) is 6.23. The summed E-state index contributed by atoms with van der Waals surface area (Å²) in [6.45, 7) is 0.861. The van der Waals surface area contributed by atoms with Gasteiger partial charge in [0.2, 0.25) is 0 Å². The fourth-order valence-corrected chi connectivity index (χ4v) is 6.23. The molecule has 3 heterocycles. The van der Waals surface area contributed by atoms with E-state index in [-0.39, 0.29) is 17.7 Å². The molecule has 0 amide bonds. The Balaban J connectivity index is 1.13. The molecule has 1 N–H and O–H groups in total. The molecular weight excluding hydrogens is 475 g/mol. The maximum atomic E-state index is 15.5. The van der Waals surface area contributed by atoms with Gasteiger partial charge in [0.25, 0.3) is 11.8 Å². The van der Waals surface area contributed by atoms with Gasteiger partial charge < -0.3 is 19.5 Å². The molecule has 0 saturated heterocycles. The minimum Gasteiger partial charge on any atom is -0.507 e. The maximum absolute atomic E-state index is 15.5. The Hall–Kier alpha value is -3.56. The fraction of sp³-hybridized carbons (Fsp3) is 0.519. The zero-order valence-electron chi connectivity index (χ0n) is 20.5. The van der Waals surface area contributed by atoms with E-state index in [1.807, 2.05) is 6.07 Å². The molecular formula is C27H29FN6O3. The lowest BCUT2D eigenvalue weighted by Crippen LogP contribution is -2.52. The predicted molar refractivity (Wildman–Crippen MR) is 133 cm³/mol. The second-order valence-corrected chi connectivity index (χ2v) is 10.6. The van der Waals surface area contributed by atoms with Gasteiger partial charge in [-0.05, 0) is 56.1 Å². The molecule has 3 fully saturated rings. The Morgan fingerprint density at radius 2 is 1.81 bits per heavy atom. The molecule has 3 aromatic rings. The van der Waals surface area contributed by atoms with Crippen LogP contribution in [-0.4, -0.2) is 61.7 Å². The van der Waals surface area contributed by atoms with Gasteiger partial charge in [-0.25, -0.2) is 19.3 Å². The molecule has 1 aromatic carbocycles. The monoisotopic (exact) mass is 504 g/mol. The summed E-state index contributed by atoms with van der Waals surface area (Å²) in [5, 5.41) is 19.6. The Bertz CT molecular complexity index is 1300. The van der Waals surface area contributed by atoms with Gasteiger partial charge >= 0.3 is 0 Å². The van der Waals surface area contributed by atoms with E-state index in [9.17, 15) is 5.11 Å². The van der Waals surface area contributed by atoms with Gasteiger partial charge in [0, 0.05) is 11.6 Å². The number of hydrogen-bond donors (Lipinski definition) is 1. The van der Waals surface area contributed by atoms with Crippen molar-refractivity contribution in [3.63, 3.8) is 0 Å². The third-order valence-electron chi connectivity index (χ3n) is 8.13. The zero-order chi connectivity index (χ0) is 24.9. The van der Waals surface area contributed by atoms with Gasteiger partial charge in [-0.3, -0.25) is 0 Å². The van der Waals surface area contributed by atoms with Crippen molar-refractivity contribution in [1.82, 2.24) is 25.1 Å². The number of aromatic hydroxyl groups is 1. The normalized spacial score (nSPS) is 26.5. The molecule has 3 saturated carbocycles. The van der Waals surface area contributed by atoms with Crippen molar-refractivity contribution in [2.24, 2.45) is 11.8 Å². The summed E-state index contributed by atoms with van der Waals surface area (Å²) in [5.74, 6) is 2.42. The number of fused-ring (bicyclic) bond motifs is 3. The number of rotatable bonds is 5. The first kappa shape index (κ1) is 22.6. The summed E-state index contributed by atoms with van der Waals surface area (Å²) in [6, 6.07) is 5.30. The molecule has 0 radical (unpaired) electrons. The summed E-state index contributed by atoms with van der Waals surface area (Å²) in [7, 11) is 0. The van der Waals surface area contributed by atoms with Crippen LogP contribution in [0.3, 0.4) is 0 Å². The summed E-state index contributed by atoms with van der Waals surface area (Å²) in [5.41, 5.74) is 1.69. The topological polar surface area (TPSA) is 106 Å². The van der Waals surface area contributed by atoms with Crippen molar-refractivity contribution in [1.29, 1.82) is 0 Å². The van der Waals surface area contributed by atoms with Crippen LogP contribution in [0.4, 0.5) is 10.2 Å². The summed E-state index contributed by atoms with van der Waals surface area (Å²) < 4.78 is 26.5. The molecule has 0 unspecified atom stereocenters. The number of alkyl halides is 1. The van der Waals surface area contributed by atoms with Gasteiger partial charge in [-0.15, -0.1) is 10.2 Å². The van der Waals surface area contributed by atoms with Gasteiger partial charge in [0.05, 0.1) is 29.7 Å². The number of hydrogen-bond acceptors (Lipinski definition) is 9. The summed E-state index contributed by atoms with van der Waals surface area (Å²) in [4.78, 5) is 15.4. The van der Waals surface area contributed by atoms with Gasteiger partial charge in [-0.2, -0.15) is 0 Å². The Kier molecular flexibility index (Phi) is 5.55. The molecule has 7 rings (SSSR count). The van der Waals surface area contributed by atoms with E-state index in [1.165, 1.54) is 6.42 Å². The first-order chi connectivity index (χ1) is 18.1. The second-order valence-electron chi connectivity index (χ2n) is 10.6. The molecule has 4 atom stereocenters. The molecule has 0 spiro atoms. The SMILES string of the molecule is Oc1cc(-c2cnc3c(n2)OCCO3)ccc1-c1ncc(N(C2CC2)[C@H]2C[C@@H]3CCC[C@@H](C3)[C@H]2F)nn1. The number of phenolic OH excluding ortho intramolecular Hbond substituents is 1. The van der Waals surface area contributed by atoms with Crippen LogP contribution in [-0.2, 0) is 0 Å². The van der Waals surface area contributed by atoms with Crippen LogP contribution in [0.25, 0.3) is 22.6 Å². The molecule has 10 heteroatoms. The summed E-state index contributed by atoms with van der Waals surface area (Å²) >= 11 is 0. The van der Waals surface area contributed by atoms with Gasteiger partial charge in [0.1, 0.15) is 25.1 Å². The van der Waals surface area contributed by atoms with Crippen molar-refractivity contribution in [3.05, 3.63) is 30.6 Å². The third-order valence-corrected chi connectivity index (χ3v) is 8.13. The number of nitrogens with zero attached hydrogens (tertiary/aromatic N) is 6. The lowest BCUT2D eigenvalue weighted by molar-refractivity contribution is 0.0631. The molecule has 3 aliphatic carbocycles. The van der Waals surface area contributed by atoms with Gasteiger partial charge in [0.15, 0.2) is 11.6 Å². The standard InChI is InChI=1S/C27H29FN6O3/c28-24-17-3-1-2-15(10-17)11-21(24)34(18-5-6-18)23-14-29-25(33-32-23)19-7-4-16(12-22(19)35)20-13-30-26-27(31-20)37-9-8-36-26/h4,7,12-15,17-18,21,24,35H,1-3,5-6,8-11H2/t15-,17+,21+,24-/m1/s1. The van der Waals surface area contributed by atoms with Crippen LogP contribution in [0.1, 0.15) is 44.9 Å². The quantitative estimate of drug-likeness (QED) is 0.542. The molecule has 2 aromatic heterocycles. The summed E-state index contributed by atoms with van der Waals surface area (Å²) in [6.07, 6.45) is 9.76. The number of ether oxygens (including phenoxy) is 2. The van der Waals surface area contributed by atoms with Crippen molar-refractivity contribution in [3.8, 4) is 40.2 Å². The average molecular weight is 505 g/mol. The molecule has 37 heavy (non-hydrogen) atoms.